The van der Waals surface area contributed by atoms with Crippen molar-refractivity contribution < 1.29 is 0 Å². The Balaban J connectivity index is 2.35. The summed E-state index contributed by atoms with van der Waals surface area (Å²) in [6, 6.07) is 9.97. The average Bonchev–Trinajstić information content (AvgIpc) is 2.38. The molecular weight excluding hydrogens is 338 g/mol. The van der Waals surface area contributed by atoms with E-state index in [-0.39, 0.29) is 6.04 Å². The maximum atomic E-state index is 6.31. The van der Waals surface area contributed by atoms with E-state index in [0.717, 1.165) is 21.5 Å². The van der Waals surface area contributed by atoms with Crippen LogP contribution >= 0.6 is 27.5 Å². The minimum Gasteiger partial charge on any atom is -0.398 e. The number of nitrogens with two attached hydrogens (primary N) is 1. The van der Waals surface area contributed by atoms with Crippen molar-refractivity contribution >= 4 is 39.0 Å². The Morgan fingerprint density at radius 2 is 2.05 bits per heavy atom. The molecule has 0 saturated heterocycles. The first-order valence-electron chi connectivity index (χ1n) is 6.40. The molecule has 2 aromatic rings. The number of benzene rings is 1. The number of para-hydroxylation sites is 1. The Bertz CT molecular complexity index is 601. The van der Waals surface area contributed by atoms with Gasteiger partial charge >= 0.3 is 0 Å². The Morgan fingerprint density at radius 3 is 2.65 bits per heavy atom. The summed E-state index contributed by atoms with van der Waals surface area (Å²) in [4.78, 5) is 6.57. The maximum Gasteiger partial charge on any atom is 0.147 e. The van der Waals surface area contributed by atoms with Crippen molar-refractivity contribution in [3.05, 3.63) is 51.6 Å². The molecule has 0 aliphatic rings. The molecule has 3 nitrogen and oxygen atoms in total. The van der Waals surface area contributed by atoms with Crippen LogP contribution in [-0.2, 0) is 6.54 Å². The van der Waals surface area contributed by atoms with Crippen LogP contribution in [0.5, 0.6) is 0 Å². The number of aromatic nitrogens is 1. The molecule has 0 saturated carbocycles. The molecule has 2 rings (SSSR count). The van der Waals surface area contributed by atoms with Crippen LogP contribution in [0.2, 0.25) is 5.02 Å². The van der Waals surface area contributed by atoms with Crippen LogP contribution < -0.4 is 10.6 Å². The smallest absolute Gasteiger partial charge is 0.147 e. The molecule has 0 unspecified atom stereocenters. The van der Waals surface area contributed by atoms with Gasteiger partial charge in [0.15, 0.2) is 0 Å². The van der Waals surface area contributed by atoms with E-state index < -0.39 is 0 Å². The third kappa shape index (κ3) is 3.44. The first kappa shape index (κ1) is 15.1. The first-order valence-corrected chi connectivity index (χ1v) is 7.57. The quantitative estimate of drug-likeness (QED) is 0.822. The van der Waals surface area contributed by atoms with E-state index in [0.29, 0.717) is 11.6 Å². The largest absolute Gasteiger partial charge is 0.398 e. The van der Waals surface area contributed by atoms with Crippen LogP contribution in [0.25, 0.3) is 0 Å². The summed E-state index contributed by atoms with van der Waals surface area (Å²) < 4.78 is 0.870. The molecule has 0 amide bonds. The second-order valence-corrected chi connectivity index (χ2v) is 6.20. The van der Waals surface area contributed by atoms with E-state index >= 15 is 0 Å². The second-order valence-electron chi connectivity index (χ2n) is 4.88. The van der Waals surface area contributed by atoms with E-state index in [1.807, 2.05) is 30.3 Å². The van der Waals surface area contributed by atoms with Gasteiger partial charge < -0.3 is 10.6 Å². The van der Waals surface area contributed by atoms with Crippen LogP contribution in [0.4, 0.5) is 11.5 Å². The molecule has 0 aliphatic carbocycles. The van der Waals surface area contributed by atoms with Crippen molar-refractivity contribution in [3.8, 4) is 0 Å². The predicted octanol–water partition coefficient (Wildman–Crippen LogP) is 4.49. The summed E-state index contributed by atoms with van der Waals surface area (Å²) >= 11 is 9.68. The fraction of sp³-hybridized carbons (Fsp3) is 0.267. The molecule has 20 heavy (non-hydrogen) atoms. The first-order chi connectivity index (χ1) is 9.49. The highest BCUT2D eigenvalue weighted by Crippen LogP contribution is 2.29. The zero-order valence-electron chi connectivity index (χ0n) is 11.5. The van der Waals surface area contributed by atoms with E-state index in [4.69, 9.17) is 17.3 Å². The van der Waals surface area contributed by atoms with Crippen molar-refractivity contribution in [1.29, 1.82) is 0 Å². The SMILES string of the molecule is CC(C)N(Cc1ccccc1N)c1ncc(Br)cc1Cl. The van der Waals surface area contributed by atoms with Crippen LogP contribution in [0, 0.1) is 0 Å². The minimum absolute atomic E-state index is 0.265. The van der Waals surface area contributed by atoms with Gasteiger partial charge in [0.2, 0.25) is 0 Å². The molecule has 1 heterocycles. The molecule has 0 radical (unpaired) electrons. The highest BCUT2D eigenvalue weighted by molar-refractivity contribution is 9.10. The normalized spacial score (nSPS) is 10.8. The van der Waals surface area contributed by atoms with Crippen LogP contribution in [0.1, 0.15) is 19.4 Å². The van der Waals surface area contributed by atoms with E-state index in [1.54, 1.807) is 6.20 Å². The monoisotopic (exact) mass is 353 g/mol. The standard InChI is InChI=1S/C15H17BrClN3/c1-10(2)20(9-11-5-3-4-6-14(11)18)15-13(17)7-12(16)8-19-15/h3-8,10H,9,18H2,1-2H3. The van der Waals surface area contributed by atoms with Crippen LogP contribution in [0.15, 0.2) is 41.0 Å². The summed E-state index contributed by atoms with van der Waals surface area (Å²) in [5, 5.41) is 0.627. The van der Waals surface area contributed by atoms with Gasteiger partial charge in [0, 0.05) is 28.9 Å². The molecule has 1 aromatic carbocycles. The lowest BCUT2D eigenvalue weighted by Crippen LogP contribution is -2.31. The predicted molar refractivity (Wildman–Crippen MR) is 89.1 cm³/mol. The van der Waals surface area contributed by atoms with Gasteiger partial charge in [0.25, 0.3) is 0 Å². The third-order valence-corrected chi connectivity index (χ3v) is 3.79. The summed E-state index contributed by atoms with van der Waals surface area (Å²) in [5.74, 6) is 0.771. The summed E-state index contributed by atoms with van der Waals surface area (Å²) in [6.45, 7) is 4.90. The number of hydrogen-bond donors (Lipinski definition) is 1. The number of anilines is 2. The summed E-state index contributed by atoms with van der Waals surface area (Å²) in [7, 11) is 0. The van der Waals surface area contributed by atoms with Gasteiger partial charge in [0.1, 0.15) is 5.82 Å². The minimum atomic E-state index is 0.265. The molecule has 0 atom stereocenters. The molecule has 0 spiro atoms. The van der Waals surface area contributed by atoms with Gasteiger partial charge in [0.05, 0.1) is 5.02 Å². The topological polar surface area (TPSA) is 42.1 Å². The summed E-state index contributed by atoms with van der Waals surface area (Å²) in [6.07, 6.45) is 1.75. The molecule has 5 heteroatoms. The van der Waals surface area contributed by atoms with E-state index in [9.17, 15) is 0 Å². The van der Waals surface area contributed by atoms with Gasteiger partial charge in [-0.25, -0.2) is 4.98 Å². The fourth-order valence-electron chi connectivity index (χ4n) is 1.98. The van der Waals surface area contributed by atoms with Gasteiger partial charge in [-0.15, -0.1) is 0 Å². The van der Waals surface area contributed by atoms with E-state index in [1.165, 1.54) is 0 Å². The van der Waals surface area contributed by atoms with Gasteiger partial charge in [-0.05, 0) is 47.5 Å². The molecule has 0 fully saturated rings. The number of rotatable bonds is 4. The highest BCUT2D eigenvalue weighted by Gasteiger charge is 2.17. The lowest BCUT2D eigenvalue weighted by molar-refractivity contribution is 0.673. The van der Waals surface area contributed by atoms with Crippen molar-refractivity contribution in [2.45, 2.75) is 26.4 Å². The Hall–Kier alpha value is -1.26. The molecule has 106 valence electrons. The number of nitrogens with zero attached hydrogens (tertiary/aromatic N) is 2. The van der Waals surface area contributed by atoms with Crippen molar-refractivity contribution in [3.63, 3.8) is 0 Å². The number of nitrogen functional groups attached to an aromatic ring is 1. The Morgan fingerprint density at radius 1 is 1.35 bits per heavy atom. The lowest BCUT2D eigenvalue weighted by Gasteiger charge is -2.29. The molecule has 2 N–H and O–H groups in total. The van der Waals surface area contributed by atoms with Crippen LogP contribution in [-0.4, -0.2) is 11.0 Å². The van der Waals surface area contributed by atoms with Gasteiger partial charge in [-0.1, -0.05) is 29.8 Å². The van der Waals surface area contributed by atoms with Gasteiger partial charge in [-0.3, -0.25) is 0 Å². The molecule has 0 aliphatic heterocycles. The van der Waals surface area contributed by atoms with Gasteiger partial charge in [-0.2, -0.15) is 0 Å². The van der Waals surface area contributed by atoms with Crippen molar-refractivity contribution in [2.24, 2.45) is 0 Å². The number of hydrogen-bond acceptors (Lipinski definition) is 3. The van der Waals surface area contributed by atoms with Crippen LogP contribution in [0.3, 0.4) is 0 Å². The molecular formula is C15H17BrClN3. The maximum absolute atomic E-state index is 6.31. The van der Waals surface area contributed by atoms with E-state index in [2.05, 4.69) is 39.7 Å². The average molecular weight is 355 g/mol. The number of halogens is 2. The highest BCUT2D eigenvalue weighted by atomic mass is 79.9. The number of pyridine rings is 1. The van der Waals surface area contributed by atoms with Crippen molar-refractivity contribution in [2.75, 3.05) is 10.6 Å². The zero-order valence-corrected chi connectivity index (χ0v) is 13.8. The Kier molecular flexibility index (Phi) is 4.89. The molecule has 1 aromatic heterocycles. The second kappa shape index (κ2) is 6.46. The third-order valence-electron chi connectivity index (χ3n) is 3.08. The molecule has 0 bridgehead atoms. The Labute approximate surface area is 132 Å². The fourth-order valence-corrected chi connectivity index (χ4v) is 2.72. The summed E-state index contributed by atoms with van der Waals surface area (Å²) in [5.41, 5.74) is 7.88. The zero-order chi connectivity index (χ0) is 14.7. The van der Waals surface area contributed by atoms with Crippen molar-refractivity contribution in [1.82, 2.24) is 4.98 Å². The lowest BCUT2D eigenvalue weighted by atomic mass is 10.1.